The van der Waals surface area contributed by atoms with Crippen LogP contribution in [0, 0.1) is 11.8 Å². The maximum atomic E-state index is 13.8. The molecule has 0 aromatic rings. The van der Waals surface area contributed by atoms with Crippen molar-refractivity contribution in [2.24, 2.45) is 11.8 Å². The summed E-state index contributed by atoms with van der Waals surface area (Å²) in [5.41, 5.74) is 0. The smallest absolute Gasteiger partial charge is 0.349 e. The molecule has 0 aliphatic carbocycles. The lowest BCUT2D eigenvalue weighted by molar-refractivity contribution is -0.165. The van der Waals surface area contributed by atoms with E-state index in [1.165, 1.54) is 6.92 Å². The molecule has 144 valence electrons. The summed E-state index contributed by atoms with van der Waals surface area (Å²) in [6.07, 6.45) is -1.08. The Kier molecular flexibility index (Phi) is 12.2. The predicted molar refractivity (Wildman–Crippen MR) is 92.3 cm³/mol. The van der Waals surface area contributed by atoms with Gasteiger partial charge in [-0.25, -0.2) is 0 Å². The maximum absolute atomic E-state index is 13.8. The molecule has 0 heterocycles. The van der Waals surface area contributed by atoms with E-state index in [0.29, 0.717) is 18.9 Å². The first-order valence-corrected chi connectivity index (χ1v) is 8.13. The summed E-state index contributed by atoms with van der Waals surface area (Å²) in [7, 11) is 0. The molecule has 0 saturated heterocycles. The number of carbonyl (C=O) groups is 2. The van der Waals surface area contributed by atoms with Crippen LogP contribution in [0.25, 0.3) is 0 Å². The Morgan fingerprint density at radius 2 is 1.50 bits per heavy atom. The lowest BCUT2D eigenvalue weighted by Gasteiger charge is -2.24. The Morgan fingerprint density at radius 3 is 1.96 bits per heavy atom. The first-order valence-electron chi connectivity index (χ1n) is 8.13. The van der Waals surface area contributed by atoms with Crippen LogP contribution in [0.3, 0.4) is 0 Å². The molecule has 0 fully saturated rings. The highest BCUT2D eigenvalue weighted by molar-refractivity contribution is 5.90. The van der Waals surface area contributed by atoms with Crippen molar-refractivity contribution in [2.75, 3.05) is 6.54 Å². The first-order chi connectivity index (χ1) is 10.5. The fourth-order valence-electron chi connectivity index (χ4n) is 1.82. The summed E-state index contributed by atoms with van der Waals surface area (Å²) < 4.78 is 27.7. The standard InChI is InChI=1S/C16H30F2N2O3.ClH/c1-10(2)6-7-13(21)16(17,18)15(23)20-12(5)14(22)19-9-8-11(3)4;/h10-13,21H,6-9H2,1-5H3,(H,19,22)(H,20,23);1H. The third-order valence-electron chi connectivity index (χ3n) is 3.50. The van der Waals surface area contributed by atoms with Crippen molar-refractivity contribution in [1.82, 2.24) is 10.6 Å². The van der Waals surface area contributed by atoms with Crippen molar-refractivity contribution in [3.8, 4) is 0 Å². The van der Waals surface area contributed by atoms with E-state index >= 15 is 0 Å². The largest absolute Gasteiger partial charge is 0.386 e. The minimum absolute atomic E-state index is 0. The van der Waals surface area contributed by atoms with E-state index in [4.69, 9.17) is 0 Å². The number of hydrogen-bond acceptors (Lipinski definition) is 3. The van der Waals surface area contributed by atoms with Crippen LogP contribution in [0.1, 0.15) is 53.9 Å². The molecular formula is C16H31ClF2N2O3. The van der Waals surface area contributed by atoms with E-state index in [1.807, 2.05) is 33.0 Å². The normalized spacial score (nSPS) is 14.1. The van der Waals surface area contributed by atoms with E-state index in [1.54, 1.807) is 0 Å². The average molecular weight is 373 g/mol. The van der Waals surface area contributed by atoms with Crippen LogP contribution in [-0.2, 0) is 9.59 Å². The van der Waals surface area contributed by atoms with Gasteiger partial charge in [-0.3, -0.25) is 9.59 Å². The zero-order valence-electron chi connectivity index (χ0n) is 15.1. The van der Waals surface area contributed by atoms with Gasteiger partial charge < -0.3 is 15.7 Å². The van der Waals surface area contributed by atoms with Crippen molar-refractivity contribution in [2.45, 2.75) is 71.9 Å². The second kappa shape index (κ2) is 11.6. The van der Waals surface area contributed by atoms with Crippen molar-refractivity contribution in [1.29, 1.82) is 0 Å². The number of alkyl halides is 2. The summed E-state index contributed by atoms with van der Waals surface area (Å²) in [5.74, 6) is -5.51. The Hall–Kier alpha value is -0.950. The summed E-state index contributed by atoms with van der Waals surface area (Å²) in [6.45, 7) is 9.43. The lowest BCUT2D eigenvalue weighted by atomic mass is 10.0. The SMILES string of the molecule is CC(C)CCNC(=O)C(C)NC(=O)C(F)(F)C(O)CCC(C)C.Cl. The molecule has 5 nitrogen and oxygen atoms in total. The molecule has 0 saturated carbocycles. The van der Waals surface area contributed by atoms with Gasteiger partial charge in [0.15, 0.2) is 0 Å². The molecule has 8 heteroatoms. The third-order valence-corrected chi connectivity index (χ3v) is 3.50. The molecule has 24 heavy (non-hydrogen) atoms. The van der Waals surface area contributed by atoms with Crippen LogP contribution in [0.4, 0.5) is 8.78 Å². The molecular weight excluding hydrogens is 342 g/mol. The number of aliphatic hydroxyl groups is 1. The number of nitrogens with one attached hydrogen (secondary N) is 2. The van der Waals surface area contributed by atoms with Gasteiger partial charge in [0.25, 0.3) is 5.91 Å². The van der Waals surface area contributed by atoms with Gasteiger partial charge in [0.2, 0.25) is 5.91 Å². The zero-order valence-corrected chi connectivity index (χ0v) is 15.9. The van der Waals surface area contributed by atoms with E-state index in [9.17, 15) is 23.5 Å². The summed E-state index contributed by atoms with van der Waals surface area (Å²) in [4.78, 5) is 23.4. The molecule has 2 atom stereocenters. The molecule has 0 aliphatic rings. The fourth-order valence-corrected chi connectivity index (χ4v) is 1.82. The summed E-state index contributed by atoms with van der Waals surface area (Å²) in [5, 5.41) is 14.1. The third kappa shape index (κ3) is 9.37. The minimum atomic E-state index is -3.92. The van der Waals surface area contributed by atoms with Crippen LogP contribution in [0.15, 0.2) is 0 Å². The van der Waals surface area contributed by atoms with Crippen molar-refractivity contribution < 1.29 is 23.5 Å². The number of carbonyl (C=O) groups excluding carboxylic acids is 2. The van der Waals surface area contributed by atoms with Gasteiger partial charge in [0.1, 0.15) is 12.1 Å². The molecule has 0 bridgehead atoms. The maximum Gasteiger partial charge on any atom is 0.349 e. The second-order valence-electron chi connectivity index (χ2n) is 6.78. The van der Waals surface area contributed by atoms with E-state index < -0.39 is 29.9 Å². The van der Waals surface area contributed by atoms with Crippen molar-refractivity contribution in [3.05, 3.63) is 0 Å². The predicted octanol–water partition coefficient (Wildman–Crippen LogP) is 2.51. The number of amides is 2. The van der Waals surface area contributed by atoms with Crippen LogP contribution < -0.4 is 10.6 Å². The van der Waals surface area contributed by atoms with Crippen LogP contribution >= 0.6 is 12.4 Å². The second-order valence-corrected chi connectivity index (χ2v) is 6.78. The van der Waals surface area contributed by atoms with Crippen LogP contribution in [0.5, 0.6) is 0 Å². The van der Waals surface area contributed by atoms with Crippen LogP contribution in [0.2, 0.25) is 0 Å². The molecule has 0 aromatic heterocycles. The highest BCUT2D eigenvalue weighted by atomic mass is 35.5. The number of rotatable bonds is 10. The van der Waals surface area contributed by atoms with Gasteiger partial charge in [0, 0.05) is 6.54 Å². The minimum Gasteiger partial charge on any atom is -0.386 e. The molecule has 3 N–H and O–H groups in total. The Labute approximate surface area is 149 Å². The number of halogens is 3. The molecule has 0 aliphatic heterocycles. The van der Waals surface area contributed by atoms with Gasteiger partial charge in [-0.2, -0.15) is 8.78 Å². The average Bonchev–Trinajstić information content (AvgIpc) is 2.43. The van der Waals surface area contributed by atoms with Crippen LogP contribution in [-0.4, -0.2) is 41.5 Å². The van der Waals surface area contributed by atoms with E-state index in [-0.39, 0.29) is 24.7 Å². The van der Waals surface area contributed by atoms with Crippen molar-refractivity contribution >= 4 is 24.2 Å². The summed E-state index contributed by atoms with van der Waals surface area (Å²) in [6, 6.07) is -1.09. The zero-order chi connectivity index (χ0) is 18.2. The van der Waals surface area contributed by atoms with Gasteiger partial charge in [0.05, 0.1) is 0 Å². The first kappa shape index (κ1) is 25.3. The highest BCUT2D eigenvalue weighted by Gasteiger charge is 2.46. The van der Waals surface area contributed by atoms with Gasteiger partial charge >= 0.3 is 5.92 Å². The molecule has 0 radical (unpaired) electrons. The van der Waals surface area contributed by atoms with Gasteiger partial charge in [-0.05, 0) is 38.0 Å². The Balaban J connectivity index is 0. The Bertz CT molecular complexity index is 394. The lowest BCUT2D eigenvalue weighted by Crippen LogP contribution is -2.54. The summed E-state index contributed by atoms with van der Waals surface area (Å²) >= 11 is 0. The molecule has 0 aromatic carbocycles. The van der Waals surface area contributed by atoms with E-state index in [0.717, 1.165) is 6.42 Å². The highest BCUT2D eigenvalue weighted by Crippen LogP contribution is 2.24. The molecule has 2 amide bonds. The quantitative estimate of drug-likeness (QED) is 0.551. The van der Waals surface area contributed by atoms with E-state index in [2.05, 4.69) is 5.32 Å². The monoisotopic (exact) mass is 372 g/mol. The Morgan fingerprint density at radius 1 is 1.00 bits per heavy atom. The van der Waals surface area contributed by atoms with Crippen molar-refractivity contribution in [3.63, 3.8) is 0 Å². The topological polar surface area (TPSA) is 78.4 Å². The molecule has 2 unspecified atom stereocenters. The number of hydrogen-bond donors (Lipinski definition) is 3. The molecule has 0 rings (SSSR count). The van der Waals surface area contributed by atoms with Gasteiger partial charge in [-0.1, -0.05) is 27.7 Å². The number of aliphatic hydroxyl groups excluding tert-OH is 1. The fraction of sp³-hybridized carbons (Fsp3) is 0.875. The molecule has 0 spiro atoms. The van der Waals surface area contributed by atoms with Gasteiger partial charge in [-0.15, -0.1) is 12.4 Å².